The summed E-state index contributed by atoms with van der Waals surface area (Å²) in [6.07, 6.45) is 2.84. The quantitative estimate of drug-likeness (QED) is 0.512. The van der Waals surface area contributed by atoms with Gasteiger partial charge in [0.2, 0.25) is 0 Å². The largest absolute Gasteiger partial charge is 0.503 e. The van der Waals surface area contributed by atoms with E-state index in [9.17, 15) is 28.6 Å². The Kier molecular flexibility index (Phi) is 5.67. The van der Waals surface area contributed by atoms with E-state index >= 15 is 4.39 Å². The lowest BCUT2D eigenvalue weighted by molar-refractivity contribution is -0.140. The first-order valence-corrected chi connectivity index (χ1v) is 10.5. The average Bonchev–Trinajstić information content (AvgIpc) is 3.35. The van der Waals surface area contributed by atoms with Gasteiger partial charge in [0.05, 0.1) is 16.5 Å². The van der Waals surface area contributed by atoms with E-state index in [1.54, 1.807) is 0 Å². The molecule has 1 aliphatic rings. The van der Waals surface area contributed by atoms with Crippen molar-refractivity contribution in [3.05, 3.63) is 63.6 Å². The molecule has 1 saturated carbocycles. The first-order chi connectivity index (χ1) is 15.1. The maximum Gasteiger partial charge on any atom is 0.311 e. The Morgan fingerprint density at radius 3 is 2.38 bits per heavy atom. The molecule has 0 radical (unpaired) electrons. The molecule has 1 unspecified atom stereocenters. The van der Waals surface area contributed by atoms with Gasteiger partial charge in [-0.1, -0.05) is 24.4 Å². The van der Waals surface area contributed by atoms with Gasteiger partial charge >= 0.3 is 5.97 Å². The molecule has 2 N–H and O–H groups in total. The van der Waals surface area contributed by atoms with E-state index in [2.05, 4.69) is 0 Å². The van der Waals surface area contributed by atoms with Crippen molar-refractivity contribution in [3.63, 3.8) is 0 Å². The van der Waals surface area contributed by atoms with E-state index in [0.29, 0.717) is 12.8 Å². The highest BCUT2D eigenvalue weighted by atomic mass is 35.5. The van der Waals surface area contributed by atoms with Gasteiger partial charge in [0.15, 0.2) is 17.4 Å². The van der Waals surface area contributed by atoms with Crippen LogP contribution in [-0.2, 0) is 4.79 Å². The number of carbonyl (C=O) groups excluding carboxylic acids is 1. The Morgan fingerprint density at radius 1 is 1.12 bits per heavy atom. The van der Waals surface area contributed by atoms with Gasteiger partial charge in [-0.05, 0) is 49.4 Å². The van der Waals surface area contributed by atoms with Crippen molar-refractivity contribution in [2.24, 2.45) is 5.92 Å². The average molecular weight is 466 g/mol. The van der Waals surface area contributed by atoms with Gasteiger partial charge in [0.25, 0.3) is 5.91 Å². The molecule has 1 atom stereocenters. The SMILES string of the molecule is Cc1c(C(C(=O)O)C2CCCC2)c2c(F)c(O)c(F)cc2n1C(=O)c1ccc(Cl)c(F)c1. The summed E-state index contributed by atoms with van der Waals surface area (Å²) in [6.45, 7) is 1.43. The maximum absolute atomic E-state index is 15.1. The van der Waals surface area contributed by atoms with Gasteiger partial charge in [-0.15, -0.1) is 0 Å². The zero-order valence-corrected chi connectivity index (χ0v) is 17.7. The van der Waals surface area contributed by atoms with Crippen LogP contribution in [0.3, 0.4) is 0 Å². The van der Waals surface area contributed by atoms with Crippen molar-refractivity contribution in [3.8, 4) is 5.75 Å². The summed E-state index contributed by atoms with van der Waals surface area (Å²) in [5, 5.41) is 19.3. The molecule has 168 valence electrons. The maximum atomic E-state index is 15.1. The monoisotopic (exact) mass is 465 g/mol. The van der Waals surface area contributed by atoms with Crippen molar-refractivity contribution >= 4 is 34.4 Å². The van der Waals surface area contributed by atoms with Gasteiger partial charge < -0.3 is 10.2 Å². The third kappa shape index (κ3) is 3.43. The van der Waals surface area contributed by atoms with Crippen LogP contribution in [0.1, 0.15) is 53.2 Å². The van der Waals surface area contributed by atoms with Crippen LogP contribution in [0.4, 0.5) is 13.2 Å². The molecule has 2 aromatic carbocycles. The van der Waals surface area contributed by atoms with Crippen molar-refractivity contribution < 1.29 is 33.0 Å². The van der Waals surface area contributed by atoms with Gasteiger partial charge in [-0.25, -0.2) is 13.2 Å². The van der Waals surface area contributed by atoms with Crippen molar-refractivity contribution in [2.75, 3.05) is 0 Å². The Bertz CT molecular complexity index is 1260. The van der Waals surface area contributed by atoms with E-state index in [1.165, 1.54) is 19.1 Å². The summed E-state index contributed by atoms with van der Waals surface area (Å²) in [4.78, 5) is 25.5. The number of carbonyl (C=O) groups is 2. The number of hydrogen-bond acceptors (Lipinski definition) is 3. The van der Waals surface area contributed by atoms with E-state index in [4.69, 9.17) is 11.6 Å². The molecule has 3 aromatic rings. The van der Waals surface area contributed by atoms with Gasteiger partial charge in [-0.2, -0.15) is 0 Å². The normalized spacial score (nSPS) is 15.4. The lowest BCUT2D eigenvalue weighted by atomic mass is 9.83. The summed E-state index contributed by atoms with van der Waals surface area (Å²) >= 11 is 5.68. The van der Waals surface area contributed by atoms with Crippen LogP contribution in [0.15, 0.2) is 24.3 Å². The first kappa shape index (κ1) is 22.2. The number of aromatic nitrogens is 1. The summed E-state index contributed by atoms with van der Waals surface area (Å²) in [5.74, 6) is -8.22. The number of halogens is 4. The second-order valence-corrected chi connectivity index (χ2v) is 8.45. The molecule has 1 aromatic heterocycles. The van der Waals surface area contributed by atoms with Crippen LogP contribution < -0.4 is 0 Å². The van der Waals surface area contributed by atoms with E-state index < -0.39 is 41.0 Å². The molecule has 1 aliphatic carbocycles. The molecule has 0 amide bonds. The minimum Gasteiger partial charge on any atom is -0.503 e. The molecule has 0 bridgehead atoms. The van der Waals surface area contributed by atoms with E-state index in [0.717, 1.165) is 29.5 Å². The number of rotatable bonds is 4. The van der Waals surface area contributed by atoms with Crippen molar-refractivity contribution in [1.82, 2.24) is 4.57 Å². The number of hydrogen-bond donors (Lipinski definition) is 2. The molecule has 4 rings (SSSR count). The fourth-order valence-electron chi connectivity index (χ4n) is 4.76. The van der Waals surface area contributed by atoms with Crippen LogP contribution in [0.2, 0.25) is 5.02 Å². The van der Waals surface area contributed by atoms with Crippen LogP contribution in [0, 0.1) is 30.3 Å². The molecule has 1 fully saturated rings. The highest BCUT2D eigenvalue weighted by Gasteiger charge is 2.38. The fourth-order valence-corrected chi connectivity index (χ4v) is 4.88. The van der Waals surface area contributed by atoms with E-state index in [-0.39, 0.29) is 38.7 Å². The first-order valence-electron chi connectivity index (χ1n) is 10.1. The number of phenols is 1. The second-order valence-electron chi connectivity index (χ2n) is 8.04. The fraction of sp³-hybridized carbons (Fsp3) is 0.304. The Hall–Kier alpha value is -3.00. The molecule has 0 saturated heterocycles. The Labute approximate surface area is 186 Å². The summed E-state index contributed by atoms with van der Waals surface area (Å²) in [6, 6.07) is 4.12. The predicted molar refractivity (Wildman–Crippen MR) is 112 cm³/mol. The van der Waals surface area contributed by atoms with E-state index in [1.807, 2.05) is 0 Å². The predicted octanol–water partition coefficient (Wildman–Crippen LogP) is 5.77. The minimum absolute atomic E-state index is 0.00925. The molecule has 1 heterocycles. The van der Waals surface area contributed by atoms with Crippen LogP contribution in [-0.4, -0.2) is 26.7 Å². The smallest absolute Gasteiger partial charge is 0.311 e. The Morgan fingerprint density at radius 2 is 1.78 bits per heavy atom. The summed E-state index contributed by atoms with van der Waals surface area (Å²) in [7, 11) is 0. The van der Waals surface area contributed by atoms with Crippen LogP contribution >= 0.6 is 11.6 Å². The van der Waals surface area contributed by atoms with Crippen LogP contribution in [0.25, 0.3) is 10.9 Å². The van der Waals surface area contributed by atoms with Gasteiger partial charge in [0, 0.05) is 22.7 Å². The molecular weight excluding hydrogens is 447 g/mol. The van der Waals surface area contributed by atoms with Gasteiger partial charge in [-0.3, -0.25) is 14.2 Å². The topological polar surface area (TPSA) is 79.5 Å². The van der Waals surface area contributed by atoms with Crippen molar-refractivity contribution in [2.45, 2.75) is 38.5 Å². The minimum atomic E-state index is -1.34. The third-order valence-electron chi connectivity index (χ3n) is 6.23. The van der Waals surface area contributed by atoms with Crippen LogP contribution in [0.5, 0.6) is 5.75 Å². The number of fused-ring (bicyclic) bond motifs is 1. The number of nitrogens with zero attached hydrogens (tertiary/aromatic N) is 1. The molecule has 0 spiro atoms. The number of aromatic hydroxyl groups is 1. The number of carboxylic acid groups (broad SMARTS) is 1. The highest BCUT2D eigenvalue weighted by Crippen LogP contribution is 2.45. The lowest BCUT2D eigenvalue weighted by Crippen LogP contribution is -2.21. The standard InChI is InChI=1S/C23H19ClF3NO4/c1-10-17(18(23(31)32)11-4-2-3-5-11)19-16(9-15(26)21(29)20(19)27)28(10)22(30)12-6-7-13(24)14(25)8-12/h6-9,11,18,29H,2-5H2,1H3,(H,31,32). The lowest BCUT2D eigenvalue weighted by Gasteiger charge is -2.20. The molecule has 9 heteroatoms. The number of benzene rings is 2. The molecule has 5 nitrogen and oxygen atoms in total. The van der Waals surface area contributed by atoms with Crippen molar-refractivity contribution in [1.29, 1.82) is 0 Å². The summed E-state index contributed by atoms with van der Waals surface area (Å²) in [5.41, 5.74) is -0.284. The second kappa shape index (κ2) is 8.16. The third-order valence-corrected chi connectivity index (χ3v) is 6.53. The molecular formula is C23H19ClF3NO4. The molecule has 0 aliphatic heterocycles. The number of carboxylic acids is 1. The van der Waals surface area contributed by atoms with Gasteiger partial charge in [0.1, 0.15) is 5.82 Å². The summed E-state index contributed by atoms with van der Waals surface area (Å²) < 4.78 is 44.3. The zero-order chi connectivity index (χ0) is 23.3. The zero-order valence-electron chi connectivity index (χ0n) is 17.0. The highest BCUT2D eigenvalue weighted by molar-refractivity contribution is 6.30. The molecule has 32 heavy (non-hydrogen) atoms. The number of aliphatic carboxylic acids is 1. The Balaban J connectivity index is 2.04. The number of phenolic OH excluding ortho intramolecular Hbond substituents is 1.